The maximum absolute atomic E-state index is 8.65. The Labute approximate surface area is 62.4 Å². The van der Waals surface area contributed by atoms with E-state index < -0.39 is 0 Å². The fraction of sp³-hybridized carbons (Fsp3) is 1.00. The van der Waals surface area contributed by atoms with E-state index in [1.165, 1.54) is 0 Å². The third-order valence-corrected chi connectivity index (χ3v) is 2.73. The summed E-state index contributed by atoms with van der Waals surface area (Å²) in [6.07, 6.45) is 0. The fourth-order valence-corrected chi connectivity index (χ4v) is 1.43. The molecule has 3 heteroatoms. The van der Waals surface area contributed by atoms with Gasteiger partial charge in [0.15, 0.2) is 0 Å². The topological polar surface area (TPSA) is 29.5 Å². The van der Waals surface area contributed by atoms with E-state index in [9.17, 15) is 0 Å². The van der Waals surface area contributed by atoms with Crippen LogP contribution in [0.4, 0.5) is 0 Å². The van der Waals surface area contributed by atoms with Crippen LogP contribution in [0.5, 0.6) is 0 Å². The van der Waals surface area contributed by atoms with Gasteiger partial charge in [0, 0.05) is 16.4 Å². The van der Waals surface area contributed by atoms with Crippen LogP contribution in [0.15, 0.2) is 0 Å². The Hall–Kier alpha value is 0.650. The number of hydrogen-bond donors (Lipinski definition) is 1. The molecule has 2 nitrogen and oxygen atoms in total. The Kier molecular flexibility index (Phi) is 2.52. The molecule has 0 amide bonds. The van der Waals surface area contributed by atoms with Crippen molar-refractivity contribution in [2.45, 2.75) is 3.92 Å². The van der Waals surface area contributed by atoms with Crippen molar-refractivity contribution < 1.29 is 9.84 Å². The molecule has 0 aromatic heterocycles. The van der Waals surface area contributed by atoms with Crippen LogP contribution in [0.25, 0.3) is 0 Å². The molecule has 1 aliphatic rings. The first-order valence-electron chi connectivity index (χ1n) is 2.67. The minimum Gasteiger partial charge on any atom is -0.396 e. The van der Waals surface area contributed by atoms with Gasteiger partial charge in [-0.3, -0.25) is 0 Å². The van der Waals surface area contributed by atoms with Crippen LogP contribution in [0.3, 0.4) is 0 Å². The number of hydrogen-bond acceptors (Lipinski definition) is 2. The van der Waals surface area contributed by atoms with Crippen LogP contribution in [0, 0.1) is 5.92 Å². The number of ether oxygens (including phenoxy) is 1. The summed E-state index contributed by atoms with van der Waals surface area (Å²) in [5.41, 5.74) is 0. The minimum absolute atomic E-state index is 0.271. The van der Waals surface area contributed by atoms with E-state index in [-0.39, 0.29) is 6.61 Å². The third-order valence-electron chi connectivity index (χ3n) is 1.36. The van der Waals surface area contributed by atoms with Crippen LogP contribution < -0.4 is 0 Å². The van der Waals surface area contributed by atoms with E-state index in [2.05, 4.69) is 22.6 Å². The van der Waals surface area contributed by atoms with Gasteiger partial charge >= 0.3 is 0 Å². The maximum atomic E-state index is 8.65. The highest BCUT2D eigenvalue weighted by molar-refractivity contribution is 14.1. The van der Waals surface area contributed by atoms with Crippen molar-refractivity contribution in [3.8, 4) is 0 Å². The van der Waals surface area contributed by atoms with Crippen molar-refractivity contribution in [1.29, 1.82) is 0 Å². The molecule has 0 aliphatic carbocycles. The standard InChI is InChI=1S/C5H9IO2/c6-5-3-8-2-4(5)1-7/h4-5,7H,1-3H2. The molecular formula is C5H9IO2. The van der Waals surface area contributed by atoms with Crippen molar-refractivity contribution in [3.63, 3.8) is 0 Å². The van der Waals surface area contributed by atoms with E-state index in [1.54, 1.807) is 0 Å². The van der Waals surface area contributed by atoms with Gasteiger partial charge in [-0.25, -0.2) is 0 Å². The molecule has 1 heterocycles. The predicted octanol–water partition coefficient (Wildman–Crippen LogP) is 0.429. The lowest BCUT2D eigenvalue weighted by atomic mass is 10.1. The van der Waals surface area contributed by atoms with E-state index in [0.717, 1.165) is 13.2 Å². The Morgan fingerprint density at radius 2 is 2.38 bits per heavy atom. The molecule has 2 unspecified atom stereocenters. The zero-order chi connectivity index (χ0) is 5.98. The van der Waals surface area contributed by atoms with Crippen molar-refractivity contribution in [1.82, 2.24) is 0 Å². The Morgan fingerprint density at radius 3 is 2.62 bits per heavy atom. The summed E-state index contributed by atoms with van der Waals surface area (Å²) < 4.78 is 5.62. The molecule has 0 saturated carbocycles. The summed E-state index contributed by atoms with van der Waals surface area (Å²) in [5, 5.41) is 8.65. The van der Waals surface area contributed by atoms with Crippen molar-refractivity contribution in [2.75, 3.05) is 19.8 Å². The average molecular weight is 228 g/mol. The molecule has 48 valence electrons. The normalized spacial score (nSPS) is 38.2. The van der Waals surface area contributed by atoms with Crippen molar-refractivity contribution >= 4 is 22.6 Å². The quantitative estimate of drug-likeness (QED) is 0.520. The first kappa shape index (κ1) is 6.77. The SMILES string of the molecule is OCC1COCC1I. The van der Waals surface area contributed by atoms with Crippen LogP contribution in [0.2, 0.25) is 0 Å². The van der Waals surface area contributed by atoms with Gasteiger partial charge in [-0.15, -0.1) is 0 Å². The number of alkyl halides is 1. The van der Waals surface area contributed by atoms with Gasteiger partial charge < -0.3 is 9.84 Å². The van der Waals surface area contributed by atoms with Gasteiger partial charge in [-0.05, 0) is 0 Å². The number of rotatable bonds is 1. The second kappa shape index (κ2) is 2.98. The molecule has 0 bridgehead atoms. The van der Waals surface area contributed by atoms with Crippen LogP contribution in [-0.4, -0.2) is 28.9 Å². The highest BCUT2D eigenvalue weighted by Crippen LogP contribution is 2.20. The molecule has 1 saturated heterocycles. The van der Waals surface area contributed by atoms with Gasteiger partial charge in [0.05, 0.1) is 13.2 Å². The molecule has 1 rings (SSSR count). The molecule has 8 heavy (non-hydrogen) atoms. The summed E-state index contributed by atoms with van der Waals surface area (Å²) in [6.45, 7) is 1.82. The minimum atomic E-state index is 0.271. The Bertz CT molecular complexity index is 76.8. The van der Waals surface area contributed by atoms with Gasteiger partial charge in [0.25, 0.3) is 0 Å². The molecule has 1 N–H and O–H groups in total. The number of aliphatic hydroxyl groups excluding tert-OH is 1. The largest absolute Gasteiger partial charge is 0.396 e. The zero-order valence-corrected chi connectivity index (χ0v) is 6.67. The lowest BCUT2D eigenvalue weighted by molar-refractivity contribution is 0.161. The van der Waals surface area contributed by atoms with Gasteiger partial charge in [0.2, 0.25) is 0 Å². The molecule has 2 atom stereocenters. The lowest BCUT2D eigenvalue weighted by Gasteiger charge is -2.04. The van der Waals surface area contributed by atoms with Crippen LogP contribution >= 0.6 is 22.6 Å². The molecule has 0 aromatic carbocycles. The summed E-state index contributed by atoms with van der Waals surface area (Å²) in [6, 6.07) is 0. The fourth-order valence-electron chi connectivity index (χ4n) is 0.740. The monoisotopic (exact) mass is 228 g/mol. The first-order valence-corrected chi connectivity index (χ1v) is 3.92. The van der Waals surface area contributed by atoms with Crippen LogP contribution in [0.1, 0.15) is 0 Å². The number of aliphatic hydroxyl groups is 1. The summed E-state index contributed by atoms with van der Waals surface area (Å²) in [4.78, 5) is 0. The summed E-state index contributed by atoms with van der Waals surface area (Å²) in [7, 11) is 0. The lowest BCUT2D eigenvalue weighted by Crippen LogP contribution is -2.14. The molecule has 1 fully saturated rings. The van der Waals surface area contributed by atoms with Gasteiger partial charge in [-0.1, -0.05) is 22.6 Å². The molecule has 0 radical (unpaired) electrons. The zero-order valence-electron chi connectivity index (χ0n) is 4.51. The summed E-state index contributed by atoms with van der Waals surface area (Å²) in [5.74, 6) is 0.385. The first-order chi connectivity index (χ1) is 3.84. The Morgan fingerprint density at radius 1 is 1.62 bits per heavy atom. The highest BCUT2D eigenvalue weighted by atomic mass is 127. The molecule has 0 spiro atoms. The maximum Gasteiger partial charge on any atom is 0.0588 e. The van der Waals surface area contributed by atoms with E-state index in [0.29, 0.717) is 9.84 Å². The Balaban J connectivity index is 2.30. The van der Waals surface area contributed by atoms with E-state index in [4.69, 9.17) is 9.84 Å². The highest BCUT2D eigenvalue weighted by Gasteiger charge is 2.24. The molecular weight excluding hydrogens is 219 g/mol. The second-order valence-electron chi connectivity index (χ2n) is 2.00. The smallest absolute Gasteiger partial charge is 0.0588 e. The molecule has 1 aliphatic heterocycles. The average Bonchev–Trinajstić information content (AvgIpc) is 2.14. The molecule has 0 aromatic rings. The van der Waals surface area contributed by atoms with Gasteiger partial charge in [-0.2, -0.15) is 0 Å². The third kappa shape index (κ3) is 1.33. The van der Waals surface area contributed by atoms with Gasteiger partial charge in [0.1, 0.15) is 0 Å². The predicted molar refractivity (Wildman–Crippen MR) is 39.2 cm³/mol. The van der Waals surface area contributed by atoms with Crippen molar-refractivity contribution in [3.05, 3.63) is 0 Å². The van der Waals surface area contributed by atoms with Crippen LogP contribution in [-0.2, 0) is 4.74 Å². The summed E-state index contributed by atoms with van der Waals surface area (Å²) >= 11 is 2.31. The second-order valence-corrected chi connectivity index (χ2v) is 3.60. The van der Waals surface area contributed by atoms with E-state index >= 15 is 0 Å². The number of halogens is 1. The van der Waals surface area contributed by atoms with Crippen molar-refractivity contribution in [2.24, 2.45) is 5.92 Å². The van der Waals surface area contributed by atoms with E-state index in [1.807, 2.05) is 0 Å².